The molecular weight excluding hydrogens is 432 g/mol. The second kappa shape index (κ2) is 9.14. The highest BCUT2D eigenvalue weighted by Gasteiger charge is 2.27. The fourth-order valence-corrected chi connectivity index (χ4v) is 5.00. The Kier molecular flexibility index (Phi) is 6.43. The molecule has 0 aliphatic carbocycles. The van der Waals surface area contributed by atoms with Gasteiger partial charge in [0, 0.05) is 37.2 Å². The normalized spacial score (nSPS) is 13.7. The van der Waals surface area contributed by atoms with Crippen LogP contribution < -0.4 is 14.5 Å². The van der Waals surface area contributed by atoms with Gasteiger partial charge in [-0.15, -0.1) is 0 Å². The maximum Gasteiger partial charge on any atom is 0.210 e. The topological polar surface area (TPSA) is 67.5 Å². The first-order valence-corrected chi connectivity index (χ1v) is 12.0. The third kappa shape index (κ3) is 4.47. The van der Waals surface area contributed by atoms with Crippen molar-refractivity contribution in [1.29, 1.82) is 0 Å². The third-order valence-corrected chi connectivity index (χ3v) is 6.69. The van der Waals surface area contributed by atoms with E-state index >= 15 is 0 Å². The highest BCUT2D eigenvalue weighted by Crippen LogP contribution is 2.43. The Morgan fingerprint density at radius 1 is 0.970 bits per heavy atom. The number of rotatable bonds is 6. The Balaban J connectivity index is 1.83. The SMILES string of the molecule is COc1ccc(Cc2[nH]c(=S)[nH]c2O)cc1-c1cc2c(cc1C)N(C(C)C)CCN2C(C)C. The van der Waals surface area contributed by atoms with E-state index in [1.165, 1.54) is 16.9 Å². The van der Waals surface area contributed by atoms with Gasteiger partial charge in [-0.3, -0.25) is 0 Å². The summed E-state index contributed by atoms with van der Waals surface area (Å²) in [5.41, 5.74) is 7.73. The minimum absolute atomic E-state index is 0.0867. The Labute approximate surface area is 201 Å². The van der Waals surface area contributed by atoms with Crippen LogP contribution in [0, 0.1) is 11.7 Å². The summed E-state index contributed by atoms with van der Waals surface area (Å²) < 4.78 is 6.18. The van der Waals surface area contributed by atoms with Crippen molar-refractivity contribution >= 4 is 23.6 Å². The molecule has 176 valence electrons. The number of nitrogens with one attached hydrogen (secondary N) is 2. The molecule has 0 amide bonds. The Bertz CT molecular complexity index is 1210. The first kappa shape index (κ1) is 23.2. The number of nitrogens with zero attached hydrogens (tertiary/aromatic N) is 2. The summed E-state index contributed by atoms with van der Waals surface area (Å²) in [5, 5.41) is 10.1. The summed E-state index contributed by atoms with van der Waals surface area (Å²) in [4.78, 5) is 10.8. The number of aromatic amines is 2. The lowest BCUT2D eigenvalue weighted by Gasteiger charge is -2.43. The molecule has 0 atom stereocenters. The number of ether oxygens (including phenoxy) is 1. The second-order valence-corrected chi connectivity index (χ2v) is 9.76. The molecule has 4 rings (SSSR count). The molecule has 0 saturated carbocycles. The molecule has 0 unspecified atom stereocenters. The zero-order chi connectivity index (χ0) is 23.9. The lowest BCUT2D eigenvalue weighted by Crippen LogP contribution is -2.46. The molecular formula is C26H34N4O2S. The highest BCUT2D eigenvalue weighted by atomic mass is 32.1. The van der Waals surface area contributed by atoms with Gasteiger partial charge >= 0.3 is 0 Å². The number of aryl methyl sites for hydroxylation is 1. The summed E-state index contributed by atoms with van der Waals surface area (Å²) >= 11 is 5.11. The molecule has 1 aromatic heterocycles. The van der Waals surface area contributed by atoms with Crippen molar-refractivity contribution in [2.45, 2.75) is 53.1 Å². The molecule has 3 aromatic rings. The average molecular weight is 467 g/mol. The molecule has 1 aliphatic heterocycles. The number of anilines is 2. The van der Waals surface area contributed by atoms with Gasteiger partial charge in [0.2, 0.25) is 5.88 Å². The lowest BCUT2D eigenvalue weighted by atomic mass is 9.93. The molecule has 1 aliphatic rings. The Morgan fingerprint density at radius 2 is 1.61 bits per heavy atom. The smallest absolute Gasteiger partial charge is 0.210 e. The van der Waals surface area contributed by atoms with Crippen molar-refractivity contribution in [3.63, 3.8) is 0 Å². The number of methoxy groups -OCH3 is 1. The molecule has 0 saturated heterocycles. The van der Waals surface area contributed by atoms with Crippen LogP contribution in [0.4, 0.5) is 11.4 Å². The van der Waals surface area contributed by atoms with E-state index in [9.17, 15) is 5.11 Å². The van der Waals surface area contributed by atoms with Gasteiger partial charge in [0.15, 0.2) is 4.77 Å². The Hall–Kier alpha value is -2.93. The van der Waals surface area contributed by atoms with Gasteiger partial charge in [0.1, 0.15) is 5.75 Å². The summed E-state index contributed by atoms with van der Waals surface area (Å²) in [6.45, 7) is 13.2. The van der Waals surface area contributed by atoms with Gasteiger partial charge in [-0.1, -0.05) is 6.07 Å². The molecule has 2 aromatic carbocycles. The van der Waals surface area contributed by atoms with Crippen molar-refractivity contribution in [3.8, 4) is 22.8 Å². The fourth-order valence-electron chi connectivity index (χ4n) is 4.78. The van der Waals surface area contributed by atoms with Crippen LogP contribution >= 0.6 is 12.2 Å². The molecule has 33 heavy (non-hydrogen) atoms. The molecule has 0 radical (unpaired) electrons. The first-order chi connectivity index (χ1) is 15.7. The van der Waals surface area contributed by atoms with E-state index in [1.54, 1.807) is 7.11 Å². The van der Waals surface area contributed by atoms with Crippen LogP contribution in [0.3, 0.4) is 0 Å². The van der Waals surface area contributed by atoms with E-state index in [0.717, 1.165) is 35.5 Å². The number of aromatic hydroxyl groups is 1. The minimum Gasteiger partial charge on any atom is -0.496 e. The van der Waals surface area contributed by atoms with E-state index in [-0.39, 0.29) is 5.88 Å². The number of hydrogen-bond acceptors (Lipinski definition) is 5. The minimum atomic E-state index is 0.0867. The van der Waals surface area contributed by atoms with Gasteiger partial charge in [-0.05, 0) is 87.8 Å². The molecule has 0 spiro atoms. The number of fused-ring (bicyclic) bond motifs is 1. The van der Waals surface area contributed by atoms with E-state index in [1.807, 2.05) is 12.1 Å². The standard InChI is InChI=1S/C26H34N4O2S/c1-15(2)29-9-10-30(16(3)4)23-14-19(17(5)11-22(23)29)20-12-18(7-8-24(20)32-6)13-21-25(31)28-26(33)27-21/h7-8,11-12,14-16,31H,9-10,13H2,1-6H3,(H2,27,28,33). The van der Waals surface area contributed by atoms with E-state index in [2.05, 4.69) is 72.6 Å². The van der Waals surface area contributed by atoms with Crippen LogP contribution in [0.15, 0.2) is 30.3 Å². The average Bonchev–Trinajstić information content (AvgIpc) is 3.08. The predicted molar refractivity (Wildman–Crippen MR) is 139 cm³/mol. The summed E-state index contributed by atoms with van der Waals surface area (Å²) in [6, 6.07) is 11.7. The van der Waals surface area contributed by atoms with Gasteiger partial charge in [-0.25, -0.2) is 0 Å². The molecule has 0 fully saturated rings. The maximum atomic E-state index is 10.1. The largest absolute Gasteiger partial charge is 0.496 e. The van der Waals surface area contributed by atoms with Crippen molar-refractivity contribution in [2.75, 3.05) is 30.0 Å². The van der Waals surface area contributed by atoms with Crippen LogP contribution in [-0.4, -0.2) is 47.4 Å². The number of hydrogen-bond donors (Lipinski definition) is 3. The van der Waals surface area contributed by atoms with Gasteiger partial charge < -0.3 is 29.6 Å². The zero-order valence-corrected chi connectivity index (χ0v) is 21.1. The zero-order valence-electron chi connectivity index (χ0n) is 20.3. The fraction of sp³-hybridized carbons (Fsp3) is 0.423. The van der Waals surface area contributed by atoms with E-state index in [4.69, 9.17) is 17.0 Å². The van der Waals surface area contributed by atoms with E-state index in [0.29, 0.717) is 29.0 Å². The highest BCUT2D eigenvalue weighted by molar-refractivity contribution is 7.71. The van der Waals surface area contributed by atoms with Crippen LogP contribution in [-0.2, 0) is 6.42 Å². The van der Waals surface area contributed by atoms with Crippen LogP contribution in [0.5, 0.6) is 11.6 Å². The van der Waals surface area contributed by atoms with E-state index < -0.39 is 0 Å². The lowest BCUT2D eigenvalue weighted by molar-refractivity contribution is 0.416. The first-order valence-electron chi connectivity index (χ1n) is 11.5. The van der Waals surface area contributed by atoms with Crippen LogP contribution in [0.1, 0.15) is 44.5 Å². The van der Waals surface area contributed by atoms with Crippen molar-refractivity contribution in [3.05, 3.63) is 51.9 Å². The molecule has 6 nitrogen and oxygen atoms in total. The van der Waals surface area contributed by atoms with Crippen molar-refractivity contribution in [1.82, 2.24) is 9.97 Å². The van der Waals surface area contributed by atoms with Gasteiger partial charge in [0.05, 0.1) is 24.2 Å². The van der Waals surface area contributed by atoms with Crippen molar-refractivity contribution in [2.24, 2.45) is 0 Å². The second-order valence-electron chi connectivity index (χ2n) is 9.35. The molecule has 0 bridgehead atoms. The Morgan fingerprint density at radius 3 is 2.15 bits per heavy atom. The molecule has 2 heterocycles. The predicted octanol–water partition coefficient (Wildman–Crippen LogP) is 5.80. The summed E-state index contributed by atoms with van der Waals surface area (Å²) in [6.07, 6.45) is 0.541. The molecule has 7 heteroatoms. The number of H-pyrrole nitrogens is 2. The summed E-state index contributed by atoms with van der Waals surface area (Å²) in [7, 11) is 1.71. The number of benzene rings is 2. The molecule has 3 N–H and O–H groups in total. The maximum absolute atomic E-state index is 10.1. The number of imidazole rings is 1. The number of aromatic nitrogens is 2. The third-order valence-electron chi connectivity index (χ3n) is 6.49. The van der Waals surface area contributed by atoms with Gasteiger partial charge in [0.25, 0.3) is 0 Å². The van der Waals surface area contributed by atoms with Gasteiger partial charge in [-0.2, -0.15) is 0 Å². The summed E-state index contributed by atoms with van der Waals surface area (Å²) in [5.74, 6) is 0.921. The van der Waals surface area contributed by atoms with Crippen LogP contribution in [0.25, 0.3) is 11.1 Å². The van der Waals surface area contributed by atoms with Crippen molar-refractivity contribution < 1.29 is 9.84 Å². The quantitative estimate of drug-likeness (QED) is 0.401. The van der Waals surface area contributed by atoms with Crippen LogP contribution in [0.2, 0.25) is 0 Å². The monoisotopic (exact) mass is 466 g/mol.